The highest BCUT2D eigenvalue weighted by molar-refractivity contribution is 4.93. The summed E-state index contributed by atoms with van der Waals surface area (Å²) in [5.74, 6) is 0. The first-order chi connectivity index (χ1) is 7.22. The average Bonchev–Trinajstić information content (AvgIpc) is 2.26. The predicted molar refractivity (Wildman–Crippen MR) is 63.6 cm³/mol. The maximum absolute atomic E-state index is 9.39. The summed E-state index contributed by atoms with van der Waals surface area (Å²) < 4.78 is 0. The van der Waals surface area contributed by atoms with Gasteiger partial charge in [-0.15, -0.1) is 0 Å². The van der Waals surface area contributed by atoms with Crippen LogP contribution in [0.3, 0.4) is 0 Å². The number of hydrogen-bond acceptors (Lipinski definition) is 3. The van der Waals surface area contributed by atoms with E-state index in [9.17, 15) is 5.11 Å². The van der Waals surface area contributed by atoms with Crippen molar-refractivity contribution in [3.05, 3.63) is 12.2 Å². The molecule has 15 heavy (non-hydrogen) atoms. The molecule has 0 aliphatic heterocycles. The Hall–Kier alpha value is -0.380. The molecule has 0 aliphatic rings. The van der Waals surface area contributed by atoms with Gasteiger partial charge in [0.2, 0.25) is 0 Å². The third kappa shape index (κ3) is 8.60. The molecule has 0 heterocycles. The van der Waals surface area contributed by atoms with E-state index in [1.807, 2.05) is 6.08 Å². The van der Waals surface area contributed by atoms with Gasteiger partial charge in [-0.3, -0.25) is 0 Å². The minimum Gasteiger partial charge on any atom is -0.395 e. The normalized spacial score (nSPS) is 15.7. The summed E-state index contributed by atoms with van der Waals surface area (Å²) in [4.78, 5) is 0. The van der Waals surface area contributed by atoms with E-state index in [1.165, 1.54) is 25.7 Å². The summed E-state index contributed by atoms with van der Waals surface area (Å²) in [6.07, 6.45) is 10.2. The fraction of sp³-hybridized carbons (Fsp3) is 0.833. The monoisotopic (exact) mass is 215 g/mol. The largest absolute Gasteiger partial charge is 0.395 e. The lowest BCUT2D eigenvalue weighted by atomic mass is 10.1. The van der Waals surface area contributed by atoms with Crippen molar-refractivity contribution in [3.8, 4) is 0 Å². The van der Waals surface area contributed by atoms with E-state index >= 15 is 0 Å². The summed E-state index contributed by atoms with van der Waals surface area (Å²) in [5.41, 5.74) is 5.45. The van der Waals surface area contributed by atoms with Crippen molar-refractivity contribution in [2.24, 2.45) is 5.73 Å². The van der Waals surface area contributed by atoms with Crippen LogP contribution >= 0.6 is 0 Å². The molecule has 0 aromatic rings. The zero-order chi connectivity index (χ0) is 11.5. The molecule has 0 bridgehead atoms. The van der Waals surface area contributed by atoms with E-state index in [2.05, 4.69) is 6.92 Å². The molecule has 0 rings (SSSR count). The number of rotatable bonds is 9. The molecule has 3 nitrogen and oxygen atoms in total. The van der Waals surface area contributed by atoms with Crippen molar-refractivity contribution in [2.45, 2.75) is 57.6 Å². The van der Waals surface area contributed by atoms with E-state index in [4.69, 9.17) is 10.8 Å². The first-order valence-corrected chi connectivity index (χ1v) is 5.93. The Kier molecular flexibility index (Phi) is 9.89. The van der Waals surface area contributed by atoms with Gasteiger partial charge in [-0.2, -0.15) is 0 Å². The Bertz CT molecular complexity index is 160. The highest BCUT2D eigenvalue weighted by atomic mass is 16.3. The van der Waals surface area contributed by atoms with Crippen LogP contribution in [0, 0.1) is 0 Å². The van der Waals surface area contributed by atoms with Crippen molar-refractivity contribution in [2.75, 3.05) is 6.61 Å². The van der Waals surface area contributed by atoms with Crippen LogP contribution in [0.1, 0.15) is 45.4 Å². The van der Waals surface area contributed by atoms with Crippen molar-refractivity contribution >= 4 is 0 Å². The summed E-state index contributed by atoms with van der Waals surface area (Å²) in [6.45, 7) is 2.02. The quantitative estimate of drug-likeness (QED) is 0.404. The van der Waals surface area contributed by atoms with Crippen molar-refractivity contribution < 1.29 is 10.2 Å². The molecular formula is C12H25NO2. The van der Waals surface area contributed by atoms with Gasteiger partial charge in [0.05, 0.1) is 18.8 Å². The molecular weight excluding hydrogens is 190 g/mol. The second kappa shape index (κ2) is 10.1. The van der Waals surface area contributed by atoms with E-state index in [0.717, 1.165) is 12.8 Å². The van der Waals surface area contributed by atoms with Gasteiger partial charge in [0.25, 0.3) is 0 Å². The number of allylic oxidation sites excluding steroid dienone is 1. The molecule has 3 heteroatoms. The zero-order valence-corrected chi connectivity index (χ0v) is 9.73. The van der Waals surface area contributed by atoms with Crippen LogP contribution < -0.4 is 5.73 Å². The molecule has 0 spiro atoms. The van der Waals surface area contributed by atoms with Crippen molar-refractivity contribution in [1.29, 1.82) is 0 Å². The number of nitrogens with two attached hydrogens (primary N) is 1. The van der Waals surface area contributed by atoms with Crippen LogP contribution in [0.2, 0.25) is 0 Å². The van der Waals surface area contributed by atoms with Gasteiger partial charge in [-0.05, 0) is 12.8 Å². The third-order valence-electron chi connectivity index (χ3n) is 2.46. The maximum atomic E-state index is 9.39. The van der Waals surface area contributed by atoms with Gasteiger partial charge in [0, 0.05) is 0 Å². The first kappa shape index (κ1) is 14.6. The molecule has 0 radical (unpaired) electrons. The van der Waals surface area contributed by atoms with Crippen LogP contribution in [-0.2, 0) is 0 Å². The van der Waals surface area contributed by atoms with Gasteiger partial charge in [-0.1, -0.05) is 44.8 Å². The predicted octanol–water partition coefficient (Wildman–Crippen LogP) is 1.58. The second-order valence-electron chi connectivity index (χ2n) is 3.97. The molecule has 90 valence electrons. The molecule has 0 saturated heterocycles. The molecule has 2 atom stereocenters. The molecule has 0 amide bonds. The number of aliphatic hydroxyl groups is 2. The van der Waals surface area contributed by atoms with Gasteiger partial charge < -0.3 is 15.9 Å². The number of unbranched alkanes of at least 4 members (excludes halogenated alkanes) is 5. The fourth-order valence-corrected chi connectivity index (χ4v) is 1.35. The minimum atomic E-state index is -0.717. The van der Waals surface area contributed by atoms with E-state index in [1.54, 1.807) is 6.08 Å². The molecule has 0 fully saturated rings. The van der Waals surface area contributed by atoms with E-state index in [-0.39, 0.29) is 6.61 Å². The lowest BCUT2D eigenvalue weighted by Crippen LogP contribution is -2.36. The van der Waals surface area contributed by atoms with E-state index < -0.39 is 12.1 Å². The van der Waals surface area contributed by atoms with Crippen LogP contribution in [0.25, 0.3) is 0 Å². The van der Waals surface area contributed by atoms with Crippen LogP contribution in [-0.4, -0.2) is 29.0 Å². The fourth-order valence-electron chi connectivity index (χ4n) is 1.35. The van der Waals surface area contributed by atoms with Gasteiger partial charge in [-0.25, -0.2) is 0 Å². The average molecular weight is 215 g/mol. The van der Waals surface area contributed by atoms with Gasteiger partial charge >= 0.3 is 0 Å². The second-order valence-corrected chi connectivity index (χ2v) is 3.97. The maximum Gasteiger partial charge on any atom is 0.0894 e. The van der Waals surface area contributed by atoms with Crippen LogP contribution in [0.5, 0.6) is 0 Å². The highest BCUT2D eigenvalue weighted by Gasteiger charge is 2.08. The van der Waals surface area contributed by atoms with Gasteiger partial charge in [0.15, 0.2) is 0 Å². The zero-order valence-electron chi connectivity index (χ0n) is 9.73. The smallest absolute Gasteiger partial charge is 0.0894 e. The molecule has 0 aliphatic carbocycles. The topological polar surface area (TPSA) is 66.5 Å². The van der Waals surface area contributed by atoms with Crippen LogP contribution in [0.15, 0.2) is 12.2 Å². The van der Waals surface area contributed by atoms with Crippen molar-refractivity contribution in [1.82, 2.24) is 0 Å². The molecule has 0 aromatic heterocycles. The number of hydrogen-bond donors (Lipinski definition) is 3. The molecule has 4 N–H and O–H groups in total. The highest BCUT2D eigenvalue weighted by Crippen LogP contribution is 2.05. The van der Waals surface area contributed by atoms with Crippen LogP contribution in [0.4, 0.5) is 0 Å². The first-order valence-electron chi connectivity index (χ1n) is 5.93. The Morgan fingerprint density at radius 3 is 2.47 bits per heavy atom. The lowest BCUT2D eigenvalue weighted by molar-refractivity contribution is 0.144. The van der Waals surface area contributed by atoms with Crippen molar-refractivity contribution in [3.63, 3.8) is 0 Å². The number of aliphatic hydroxyl groups excluding tert-OH is 2. The lowest BCUT2D eigenvalue weighted by Gasteiger charge is -2.11. The Morgan fingerprint density at radius 2 is 1.87 bits per heavy atom. The Balaban J connectivity index is 3.37. The molecule has 0 aromatic carbocycles. The SMILES string of the molecule is CCCCCCC/C=C/[C@H](O)[C@@H](N)CO. The molecule has 0 saturated carbocycles. The van der Waals surface area contributed by atoms with E-state index in [0.29, 0.717) is 0 Å². The summed E-state index contributed by atoms with van der Waals surface area (Å²) in [5, 5.41) is 18.1. The van der Waals surface area contributed by atoms with Gasteiger partial charge in [0.1, 0.15) is 0 Å². The summed E-state index contributed by atoms with van der Waals surface area (Å²) >= 11 is 0. The standard InChI is InChI=1S/C12H25NO2/c1-2-3-4-5-6-7-8-9-12(15)11(13)10-14/h8-9,11-12,14-15H,2-7,10,13H2,1H3/b9-8+/t11-,12-/m0/s1. The molecule has 0 unspecified atom stereocenters. The Morgan fingerprint density at radius 1 is 1.20 bits per heavy atom. The summed E-state index contributed by atoms with van der Waals surface area (Å²) in [6, 6.07) is -0.554. The third-order valence-corrected chi connectivity index (χ3v) is 2.46. The summed E-state index contributed by atoms with van der Waals surface area (Å²) in [7, 11) is 0. The Labute approximate surface area is 93.0 Å². The minimum absolute atomic E-state index is 0.179.